The third-order valence-corrected chi connectivity index (χ3v) is 4.23. The average molecular weight is 354 g/mol. The van der Waals surface area contributed by atoms with Gasteiger partial charge in [-0.2, -0.15) is 5.10 Å². The molecule has 4 nitrogen and oxygen atoms in total. The quantitative estimate of drug-likeness (QED) is 0.677. The van der Waals surface area contributed by atoms with E-state index in [4.69, 9.17) is 12.2 Å². The summed E-state index contributed by atoms with van der Waals surface area (Å²) in [7, 11) is 0. The molecule has 0 unspecified atom stereocenters. The molecular formula is C19H19FN4S. The summed E-state index contributed by atoms with van der Waals surface area (Å²) >= 11 is 5.35. The molecule has 0 spiro atoms. The summed E-state index contributed by atoms with van der Waals surface area (Å²) in [4.78, 5) is 0. The topological polar surface area (TPSA) is 41.9 Å². The second-order valence-corrected chi connectivity index (χ2v) is 6.22. The van der Waals surface area contributed by atoms with Crippen LogP contribution in [-0.4, -0.2) is 14.9 Å². The van der Waals surface area contributed by atoms with E-state index in [2.05, 4.69) is 28.7 Å². The number of hydrogen-bond acceptors (Lipinski definition) is 2. The van der Waals surface area contributed by atoms with Crippen LogP contribution in [0.1, 0.15) is 16.7 Å². The maximum absolute atomic E-state index is 13.7. The second kappa shape index (κ2) is 7.44. The Hall–Kier alpha value is -2.73. The normalized spacial score (nSPS) is 10.5. The van der Waals surface area contributed by atoms with Crippen molar-refractivity contribution in [3.63, 3.8) is 0 Å². The van der Waals surface area contributed by atoms with Gasteiger partial charge in [-0.25, -0.2) is 4.39 Å². The predicted molar refractivity (Wildman–Crippen MR) is 103 cm³/mol. The van der Waals surface area contributed by atoms with Gasteiger partial charge >= 0.3 is 0 Å². The van der Waals surface area contributed by atoms with Crippen LogP contribution >= 0.6 is 12.2 Å². The Balaban J connectivity index is 1.64. The molecule has 0 fully saturated rings. The summed E-state index contributed by atoms with van der Waals surface area (Å²) < 4.78 is 15.4. The molecule has 0 saturated heterocycles. The van der Waals surface area contributed by atoms with Crippen LogP contribution in [0.4, 0.5) is 15.9 Å². The number of thiocarbonyl (C=S) groups is 1. The minimum Gasteiger partial charge on any atom is -0.332 e. The second-order valence-electron chi connectivity index (χ2n) is 5.82. The van der Waals surface area contributed by atoms with Crippen LogP contribution in [0.2, 0.25) is 0 Å². The highest BCUT2D eigenvalue weighted by atomic mass is 32.1. The van der Waals surface area contributed by atoms with Gasteiger partial charge in [-0.3, -0.25) is 4.68 Å². The Morgan fingerprint density at radius 3 is 2.68 bits per heavy atom. The number of rotatable bonds is 4. The van der Waals surface area contributed by atoms with E-state index in [0.717, 1.165) is 11.3 Å². The molecule has 0 amide bonds. The Morgan fingerprint density at radius 2 is 1.88 bits per heavy atom. The highest BCUT2D eigenvalue weighted by molar-refractivity contribution is 7.80. The highest BCUT2D eigenvalue weighted by Gasteiger charge is 2.07. The van der Waals surface area contributed by atoms with Crippen LogP contribution in [0.25, 0.3) is 0 Å². The van der Waals surface area contributed by atoms with Crippen LogP contribution in [0, 0.1) is 19.7 Å². The smallest absolute Gasteiger partial charge is 0.176 e. The van der Waals surface area contributed by atoms with E-state index in [1.54, 1.807) is 29.1 Å². The van der Waals surface area contributed by atoms with Crippen LogP contribution in [0.15, 0.2) is 54.7 Å². The Labute approximate surface area is 151 Å². The van der Waals surface area contributed by atoms with Gasteiger partial charge in [0.1, 0.15) is 5.82 Å². The molecule has 128 valence electrons. The lowest BCUT2D eigenvalue weighted by Crippen LogP contribution is -2.20. The minimum absolute atomic E-state index is 0.236. The fourth-order valence-corrected chi connectivity index (χ4v) is 2.69. The van der Waals surface area contributed by atoms with Crippen molar-refractivity contribution in [2.75, 3.05) is 10.6 Å². The van der Waals surface area contributed by atoms with E-state index < -0.39 is 0 Å². The van der Waals surface area contributed by atoms with Crippen molar-refractivity contribution in [1.82, 2.24) is 9.78 Å². The zero-order chi connectivity index (χ0) is 17.8. The van der Waals surface area contributed by atoms with Crippen molar-refractivity contribution in [2.45, 2.75) is 20.4 Å². The molecule has 0 bridgehead atoms. The predicted octanol–water partition coefficient (Wildman–Crippen LogP) is 4.50. The maximum Gasteiger partial charge on any atom is 0.176 e. The number of aryl methyl sites for hydroxylation is 1. The van der Waals surface area contributed by atoms with Gasteiger partial charge in [-0.05, 0) is 49.3 Å². The van der Waals surface area contributed by atoms with Crippen molar-refractivity contribution in [3.8, 4) is 0 Å². The van der Waals surface area contributed by atoms with Crippen LogP contribution in [0.3, 0.4) is 0 Å². The van der Waals surface area contributed by atoms with Gasteiger partial charge in [0.05, 0.1) is 6.54 Å². The third-order valence-electron chi connectivity index (χ3n) is 4.03. The molecule has 3 rings (SSSR count). The van der Waals surface area contributed by atoms with Gasteiger partial charge in [0.15, 0.2) is 10.9 Å². The van der Waals surface area contributed by atoms with E-state index in [1.807, 2.05) is 25.1 Å². The first kappa shape index (κ1) is 17.1. The Kier molecular flexibility index (Phi) is 5.09. The zero-order valence-electron chi connectivity index (χ0n) is 14.1. The van der Waals surface area contributed by atoms with E-state index in [9.17, 15) is 4.39 Å². The van der Waals surface area contributed by atoms with Gasteiger partial charge in [0.25, 0.3) is 0 Å². The van der Waals surface area contributed by atoms with Crippen molar-refractivity contribution in [3.05, 3.63) is 77.2 Å². The number of nitrogens with one attached hydrogen (secondary N) is 2. The fraction of sp³-hybridized carbons (Fsp3) is 0.158. The number of hydrogen-bond donors (Lipinski definition) is 2. The lowest BCUT2D eigenvalue weighted by Gasteiger charge is -2.12. The molecule has 1 heterocycles. The lowest BCUT2D eigenvalue weighted by molar-refractivity contribution is 0.586. The summed E-state index contributed by atoms with van der Waals surface area (Å²) in [6.07, 6.45) is 1.79. The molecular weight excluding hydrogens is 335 g/mol. The Morgan fingerprint density at radius 1 is 1.08 bits per heavy atom. The fourth-order valence-electron chi connectivity index (χ4n) is 2.47. The van der Waals surface area contributed by atoms with Gasteiger partial charge < -0.3 is 10.6 Å². The van der Waals surface area contributed by atoms with Gasteiger partial charge in [-0.15, -0.1) is 0 Å². The SMILES string of the molecule is Cc1cccc(NC(=S)Nc2ccn(Cc3ccccc3F)n2)c1C. The van der Waals surface area contributed by atoms with E-state index in [0.29, 0.717) is 23.0 Å². The lowest BCUT2D eigenvalue weighted by atomic mass is 10.1. The number of halogens is 1. The average Bonchev–Trinajstić information content (AvgIpc) is 3.01. The molecule has 0 aliphatic carbocycles. The van der Waals surface area contributed by atoms with Gasteiger partial charge in [0.2, 0.25) is 0 Å². The number of nitrogens with zero attached hydrogens (tertiary/aromatic N) is 2. The van der Waals surface area contributed by atoms with Crippen LogP contribution in [0.5, 0.6) is 0 Å². The molecule has 1 aromatic heterocycles. The summed E-state index contributed by atoms with van der Waals surface area (Å²) in [6, 6.07) is 14.5. The third kappa shape index (κ3) is 4.22. The summed E-state index contributed by atoms with van der Waals surface area (Å²) in [5.41, 5.74) is 3.90. The van der Waals surface area contributed by atoms with Gasteiger partial charge in [0, 0.05) is 23.5 Å². The molecule has 0 atom stereocenters. The Bertz CT molecular complexity index is 904. The number of benzene rings is 2. The molecule has 0 radical (unpaired) electrons. The van der Waals surface area contributed by atoms with Crippen molar-refractivity contribution >= 4 is 28.8 Å². The molecule has 2 aromatic carbocycles. The minimum atomic E-state index is -0.236. The zero-order valence-corrected chi connectivity index (χ0v) is 14.9. The molecule has 0 aliphatic rings. The molecule has 0 saturated carbocycles. The first-order valence-corrected chi connectivity index (χ1v) is 8.35. The van der Waals surface area contributed by atoms with Gasteiger partial charge in [-0.1, -0.05) is 30.3 Å². The van der Waals surface area contributed by atoms with E-state index in [1.165, 1.54) is 11.6 Å². The van der Waals surface area contributed by atoms with E-state index in [-0.39, 0.29) is 5.82 Å². The van der Waals surface area contributed by atoms with E-state index >= 15 is 0 Å². The molecule has 25 heavy (non-hydrogen) atoms. The van der Waals surface area contributed by atoms with Crippen molar-refractivity contribution in [1.29, 1.82) is 0 Å². The highest BCUT2D eigenvalue weighted by Crippen LogP contribution is 2.18. The summed E-state index contributed by atoms with van der Waals surface area (Å²) in [5, 5.41) is 11.1. The van der Waals surface area contributed by atoms with Crippen molar-refractivity contribution < 1.29 is 4.39 Å². The number of aromatic nitrogens is 2. The molecule has 6 heteroatoms. The van der Waals surface area contributed by atoms with Crippen molar-refractivity contribution in [2.24, 2.45) is 0 Å². The summed E-state index contributed by atoms with van der Waals surface area (Å²) in [6.45, 7) is 4.47. The van der Waals surface area contributed by atoms with Crippen LogP contribution in [-0.2, 0) is 6.54 Å². The number of anilines is 2. The monoisotopic (exact) mass is 354 g/mol. The molecule has 3 aromatic rings. The first-order chi connectivity index (χ1) is 12.0. The maximum atomic E-state index is 13.7. The first-order valence-electron chi connectivity index (χ1n) is 7.94. The summed E-state index contributed by atoms with van der Waals surface area (Å²) in [5.74, 6) is 0.374. The van der Waals surface area contributed by atoms with Crippen LogP contribution < -0.4 is 10.6 Å². The largest absolute Gasteiger partial charge is 0.332 e. The molecule has 0 aliphatic heterocycles. The molecule has 2 N–H and O–H groups in total. The standard InChI is InChI=1S/C19H19FN4S/c1-13-6-5-9-17(14(13)2)21-19(25)22-18-10-11-24(23-18)12-15-7-3-4-8-16(15)20/h3-11H,12H2,1-2H3,(H2,21,22,23,25).